The van der Waals surface area contributed by atoms with Crippen LogP contribution in [0.3, 0.4) is 0 Å². The van der Waals surface area contributed by atoms with Gasteiger partial charge in [0.25, 0.3) is 5.56 Å². The van der Waals surface area contributed by atoms with E-state index in [0.29, 0.717) is 34.1 Å². The summed E-state index contributed by atoms with van der Waals surface area (Å²) < 4.78 is 42.4. The number of aryl methyl sites for hydroxylation is 2. The number of alkyl halides is 3. The summed E-state index contributed by atoms with van der Waals surface area (Å²) >= 11 is 0. The summed E-state index contributed by atoms with van der Waals surface area (Å²) in [5, 5.41) is 6.04. The monoisotopic (exact) mass is 416 g/mol. The lowest BCUT2D eigenvalue weighted by Crippen LogP contribution is -2.17. The molecular formula is C19H15F3N6O2. The van der Waals surface area contributed by atoms with E-state index >= 15 is 0 Å². The molecule has 8 nitrogen and oxygen atoms in total. The number of aromatic amines is 1. The molecule has 3 heterocycles. The maximum absolute atomic E-state index is 12.4. The van der Waals surface area contributed by atoms with Crippen LogP contribution in [0.5, 0.6) is 5.75 Å². The minimum atomic E-state index is -4.78. The fourth-order valence-corrected chi connectivity index (χ4v) is 3.01. The van der Waals surface area contributed by atoms with Crippen molar-refractivity contribution in [3.05, 3.63) is 64.5 Å². The molecule has 0 aliphatic carbocycles. The van der Waals surface area contributed by atoms with Crippen LogP contribution < -0.4 is 15.6 Å². The molecule has 0 saturated heterocycles. The zero-order valence-corrected chi connectivity index (χ0v) is 15.8. The number of anilines is 2. The van der Waals surface area contributed by atoms with Gasteiger partial charge in [-0.25, -0.2) is 15.0 Å². The average Bonchev–Trinajstić information content (AvgIpc) is 2.96. The highest BCUT2D eigenvalue weighted by Crippen LogP contribution is 2.25. The third-order valence-electron chi connectivity index (χ3n) is 4.13. The second-order valence-corrected chi connectivity index (χ2v) is 6.47. The minimum Gasteiger partial charge on any atom is -0.406 e. The molecule has 4 aromatic rings. The Bertz CT molecular complexity index is 1260. The number of ether oxygens (including phenoxy) is 1. The largest absolute Gasteiger partial charge is 0.573 e. The number of aromatic nitrogens is 5. The van der Waals surface area contributed by atoms with Gasteiger partial charge in [-0.15, -0.1) is 13.2 Å². The second-order valence-electron chi connectivity index (χ2n) is 6.47. The van der Waals surface area contributed by atoms with E-state index in [4.69, 9.17) is 0 Å². The molecule has 0 amide bonds. The third-order valence-corrected chi connectivity index (χ3v) is 4.13. The van der Waals surface area contributed by atoms with Crippen molar-refractivity contribution in [1.82, 2.24) is 24.7 Å². The number of fused-ring (bicyclic) bond motifs is 1. The average molecular weight is 416 g/mol. The zero-order chi connectivity index (χ0) is 21.5. The predicted molar refractivity (Wildman–Crippen MR) is 103 cm³/mol. The Labute approximate surface area is 167 Å². The molecule has 0 bridgehead atoms. The predicted octanol–water partition coefficient (Wildman–Crippen LogP) is 3.76. The molecule has 0 radical (unpaired) electrons. The van der Waals surface area contributed by atoms with Gasteiger partial charge in [0.1, 0.15) is 23.2 Å². The molecule has 0 atom stereocenters. The lowest BCUT2D eigenvalue weighted by molar-refractivity contribution is -0.274. The zero-order valence-electron chi connectivity index (χ0n) is 15.8. The Hall–Kier alpha value is -3.89. The molecule has 0 saturated carbocycles. The highest BCUT2D eigenvalue weighted by atomic mass is 19.4. The molecule has 0 unspecified atom stereocenters. The van der Waals surface area contributed by atoms with Crippen molar-refractivity contribution in [2.45, 2.75) is 20.2 Å². The summed E-state index contributed by atoms with van der Waals surface area (Å²) in [6, 6.07) is 8.53. The molecule has 11 heteroatoms. The van der Waals surface area contributed by atoms with Crippen molar-refractivity contribution in [3.63, 3.8) is 0 Å². The van der Waals surface area contributed by atoms with Crippen LogP contribution in [-0.2, 0) is 0 Å². The summed E-state index contributed by atoms with van der Waals surface area (Å²) in [7, 11) is 0. The van der Waals surface area contributed by atoms with Crippen molar-refractivity contribution in [2.75, 3.05) is 5.32 Å². The van der Waals surface area contributed by atoms with Crippen molar-refractivity contribution >= 4 is 22.5 Å². The van der Waals surface area contributed by atoms with E-state index in [9.17, 15) is 18.0 Å². The highest BCUT2D eigenvalue weighted by molar-refractivity contribution is 5.82. The first-order chi connectivity index (χ1) is 14.2. The smallest absolute Gasteiger partial charge is 0.406 e. The maximum atomic E-state index is 12.4. The number of hydrogen-bond acceptors (Lipinski definition) is 6. The number of pyridine rings is 1. The number of benzene rings is 1. The quantitative estimate of drug-likeness (QED) is 0.526. The molecular weight excluding hydrogens is 401 g/mol. The van der Waals surface area contributed by atoms with Crippen LogP contribution in [-0.4, -0.2) is 31.1 Å². The van der Waals surface area contributed by atoms with Gasteiger partial charge in [0.05, 0.1) is 16.6 Å². The molecule has 4 rings (SSSR count). The Balaban J connectivity index is 1.70. The van der Waals surface area contributed by atoms with Crippen LogP contribution >= 0.6 is 0 Å². The van der Waals surface area contributed by atoms with Gasteiger partial charge in [-0.3, -0.25) is 14.6 Å². The van der Waals surface area contributed by atoms with Gasteiger partial charge in [0.2, 0.25) is 0 Å². The Morgan fingerprint density at radius 2 is 1.80 bits per heavy atom. The number of hydrogen-bond donors (Lipinski definition) is 2. The SMILES string of the molecule is Cc1cc(Nc2cc3c(cn2)c(=O)[nH]n3-c2ccc(OC(F)(F)F)cc2)nc(C)n1. The van der Waals surface area contributed by atoms with Gasteiger partial charge in [-0.1, -0.05) is 0 Å². The van der Waals surface area contributed by atoms with Gasteiger partial charge < -0.3 is 10.1 Å². The summed E-state index contributed by atoms with van der Waals surface area (Å²) in [4.78, 5) is 25.0. The van der Waals surface area contributed by atoms with Gasteiger partial charge in [0.15, 0.2) is 0 Å². The summed E-state index contributed by atoms with van der Waals surface area (Å²) in [5.74, 6) is 1.22. The maximum Gasteiger partial charge on any atom is 0.573 e. The summed E-state index contributed by atoms with van der Waals surface area (Å²) in [6.07, 6.45) is -3.37. The number of nitrogens with one attached hydrogen (secondary N) is 2. The van der Waals surface area contributed by atoms with Gasteiger partial charge in [0, 0.05) is 24.0 Å². The Morgan fingerprint density at radius 1 is 1.07 bits per heavy atom. The molecule has 3 aromatic heterocycles. The van der Waals surface area contributed by atoms with Crippen LogP contribution in [0.2, 0.25) is 0 Å². The van der Waals surface area contributed by atoms with E-state index in [1.807, 2.05) is 6.92 Å². The molecule has 2 N–H and O–H groups in total. The van der Waals surface area contributed by atoms with Crippen molar-refractivity contribution in [1.29, 1.82) is 0 Å². The standard InChI is InChI=1S/C19H15F3N6O2/c1-10-7-17(25-11(2)24-10)26-16-8-15-14(9-23-16)18(29)27-28(15)12-3-5-13(6-4-12)30-19(20,21)22/h3-9H,1-2H3,(H,27,29)(H,23,24,25,26). The summed E-state index contributed by atoms with van der Waals surface area (Å²) in [5.41, 5.74) is 1.34. The molecule has 30 heavy (non-hydrogen) atoms. The molecule has 154 valence electrons. The van der Waals surface area contributed by atoms with Crippen molar-refractivity contribution in [2.24, 2.45) is 0 Å². The van der Waals surface area contributed by atoms with E-state index in [0.717, 1.165) is 5.69 Å². The normalized spacial score (nSPS) is 11.6. The Kier molecular flexibility index (Phi) is 4.65. The van der Waals surface area contributed by atoms with E-state index in [-0.39, 0.29) is 11.3 Å². The molecule has 0 aliphatic rings. The van der Waals surface area contributed by atoms with Gasteiger partial charge in [-0.05, 0) is 38.1 Å². The number of nitrogens with zero attached hydrogens (tertiary/aromatic N) is 4. The lowest BCUT2D eigenvalue weighted by Gasteiger charge is -2.10. The third kappa shape index (κ3) is 4.09. The number of rotatable bonds is 4. The summed E-state index contributed by atoms with van der Waals surface area (Å²) in [6.45, 7) is 3.61. The van der Waals surface area contributed by atoms with E-state index in [2.05, 4.69) is 30.1 Å². The first kappa shape index (κ1) is 19.4. The number of H-pyrrole nitrogens is 1. The van der Waals surface area contributed by atoms with Crippen molar-refractivity contribution < 1.29 is 17.9 Å². The first-order valence-electron chi connectivity index (χ1n) is 8.74. The van der Waals surface area contributed by atoms with Gasteiger partial charge in [-0.2, -0.15) is 0 Å². The fraction of sp³-hybridized carbons (Fsp3) is 0.158. The second kappa shape index (κ2) is 7.17. The van der Waals surface area contributed by atoms with Crippen LogP contribution in [0.1, 0.15) is 11.5 Å². The van der Waals surface area contributed by atoms with Crippen LogP contribution in [0, 0.1) is 13.8 Å². The molecule has 1 aromatic carbocycles. The Morgan fingerprint density at radius 3 is 2.47 bits per heavy atom. The van der Waals surface area contributed by atoms with E-state index in [1.165, 1.54) is 35.1 Å². The van der Waals surface area contributed by atoms with Gasteiger partial charge >= 0.3 is 6.36 Å². The molecule has 0 aliphatic heterocycles. The lowest BCUT2D eigenvalue weighted by atomic mass is 10.3. The van der Waals surface area contributed by atoms with Crippen LogP contribution in [0.15, 0.2) is 47.4 Å². The minimum absolute atomic E-state index is 0.325. The highest BCUT2D eigenvalue weighted by Gasteiger charge is 2.31. The van der Waals surface area contributed by atoms with Crippen LogP contribution in [0.25, 0.3) is 16.6 Å². The first-order valence-corrected chi connectivity index (χ1v) is 8.74. The van der Waals surface area contributed by atoms with Crippen LogP contribution in [0.4, 0.5) is 24.8 Å². The van der Waals surface area contributed by atoms with Crippen molar-refractivity contribution in [3.8, 4) is 11.4 Å². The molecule has 0 spiro atoms. The van der Waals surface area contributed by atoms with E-state index < -0.39 is 6.36 Å². The number of halogens is 3. The van der Waals surface area contributed by atoms with E-state index in [1.54, 1.807) is 19.1 Å². The topological polar surface area (TPSA) is 97.7 Å². The molecule has 0 fully saturated rings. The fourth-order valence-electron chi connectivity index (χ4n) is 3.01.